The third-order valence-electron chi connectivity index (χ3n) is 14.8. The van der Waals surface area contributed by atoms with Crippen molar-refractivity contribution in [3.63, 3.8) is 0 Å². The van der Waals surface area contributed by atoms with Gasteiger partial charge in [-0.25, -0.2) is 0 Å². The summed E-state index contributed by atoms with van der Waals surface area (Å²) < 4.78 is 9.43. The van der Waals surface area contributed by atoms with Crippen molar-refractivity contribution in [3.8, 4) is 16.8 Å². The summed E-state index contributed by atoms with van der Waals surface area (Å²) in [5.74, 6) is 0.997. The Labute approximate surface area is 395 Å². The smallest absolute Gasteiger partial charge is 0.135 e. The third kappa shape index (κ3) is 5.66. The highest BCUT2D eigenvalue weighted by Gasteiger charge is 2.46. The highest BCUT2D eigenvalue weighted by atomic mass is 16.3. The molecule has 0 N–H and O–H groups in total. The standard InChI is InChI=1S/C65H44N2O/c1-3-21-45(22-4-1)65(46-23-5-2-6-24-46)58-33-13-9-27-50(58)51-38-37-49(42-59(51)65)66(47-25-17-26-48(41-47)67-61-35-15-10-28-52(61)53-29-11-16-36-62(53)67)60-34-14-12-30-54(60)55-31-18-32-56-57-39-43-19-7-8-20-44(43)40-63(57)68-64(55)56/h1-30,32-42,55H,31H2. The van der Waals surface area contributed by atoms with Crippen LogP contribution in [0.25, 0.3) is 66.4 Å². The minimum atomic E-state index is -0.554. The first kappa shape index (κ1) is 38.6. The molecule has 320 valence electrons. The summed E-state index contributed by atoms with van der Waals surface area (Å²) in [5, 5.41) is 6.04. The van der Waals surface area contributed by atoms with E-state index in [4.69, 9.17) is 4.42 Å². The first-order valence-electron chi connectivity index (χ1n) is 23.7. The second kappa shape index (κ2) is 15.2. The van der Waals surface area contributed by atoms with Crippen molar-refractivity contribution in [2.45, 2.75) is 17.8 Å². The summed E-state index contributed by atoms with van der Waals surface area (Å²) in [4.78, 5) is 2.51. The van der Waals surface area contributed by atoms with Crippen LogP contribution in [0.5, 0.6) is 0 Å². The number of nitrogens with zero attached hydrogens (tertiary/aromatic N) is 2. The van der Waals surface area contributed by atoms with Crippen molar-refractivity contribution < 1.29 is 4.42 Å². The number of hydrogen-bond donors (Lipinski definition) is 0. The summed E-state index contributed by atoms with van der Waals surface area (Å²) >= 11 is 0. The van der Waals surface area contributed by atoms with E-state index in [-0.39, 0.29) is 5.92 Å². The van der Waals surface area contributed by atoms with Crippen LogP contribution in [0.3, 0.4) is 0 Å². The van der Waals surface area contributed by atoms with Crippen molar-refractivity contribution >= 4 is 66.7 Å². The largest absolute Gasteiger partial charge is 0.460 e. The van der Waals surface area contributed by atoms with Crippen LogP contribution >= 0.6 is 0 Å². The van der Waals surface area contributed by atoms with Gasteiger partial charge in [0.25, 0.3) is 0 Å². The predicted octanol–water partition coefficient (Wildman–Crippen LogP) is 17.1. The molecule has 0 bridgehead atoms. The fourth-order valence-corrected chi connectivity index (χ4v) is 11.9. The van der Waals surface area contributed by atoms with Crippen molar-refractivity contribution in [3.05, 3.63) is 282 Å². The lowest BCUT2D eigenvalue weighted by Crippen LogP contribution is -2.28. The summed E-state index contributed by atoms with van der Waals surface area (Å²) in [6.07, 6.45) is 5.43. The molecule has 1 atom stereocenters. The maximum absolute atomic E-state index is 7.01. The maximum Gasteiger partial charge on any atom is 0.135 e. The summed E-state index contributed by atoms with van der Waals surface area (Å²) in [7, 11) is 0. The normalized spacial score (nSPS) is 14.6. The SMILES string of the molecule is C1=Cc2c(oc3cc4ccccc4cc23)C(c2ccccc2N(c2cccc(-n3c4ccccc4c4ccccc43)c2)c2ccc3c(c2)C(c2ccccc2)(c2ccccc2)c2ccccc2-3)C1. The number of allylic oxidation sites excluding steroid dienone is 1. The van der Waals surface area contributed by atoms with E-state index in [0.717, 1.165) is 45.9 Å². The van der Waals surface area contributed by atoms with E-state index in [0.29, 0.717) is 0 Å². The first-order valence-corrected chi connectivity index (χ1v) is 23.7. The van der Waals surface area contributed by atoms with Crippen LogP contribution in [0, 0.1) is 0 Å². The quantitative estimate of drug-likeness (QED) is 0.159. The Hall–Kier alpha value is -8.66. The fourth-order valence-electron chi connectivity index (χ4n) is 11.9. The Morgan fingerprint density at radius 2 is 1.09 bits per heavy atom. The number of anilines is 3. The molecule has 2 heterocycles. The average Bonchev–Trinajstić information content (AvgIpc) is 4.05. The van der Waals surface area contributed by atoms with E-state index < -0.39 is 5.41 Å². The van der Waals surface area contributed by atoms with Gasteiger partial charge in [0.1, 0.15) is 11.3 Å². The third-order valence-corrected chi connectivity index (χ3v) is 14.8. The average molecular weight is 869 g/mol. The van der Waals surface area contributed by atoms with E-state index in [1.165, 1.54) is 77.1 Å². The lowest BCUT2D eigenvalue weighted by molar-refractivity contribution is 0.517. The molecule has 0 saturated carbocycles. The maximum atomic E-state index is 7.01. The van der Waals surface area contributed by atoms with E-state index in [1.807, 2.05) is 0 Å². The number of hydrogen-bond acceptors (Lipinski definition) is 2. The van der Waals surface area contributed by atoms with E-state index >= 15 is 0 Å². The Morgan fingerprint density at radius 3 is 1.85 bits per heavy atom. The van der Waals surface area contributed by atoms with Gasteiger partial charge in [-0.3, -0.25) is 0 Å². The molecule has 12 aromatic rings. The van der Waals surface area contributed by atoms with Crippen LogP contribution in [0.4, 0.5) is 17.1 Å². The van der Waals surface area contributed by atoms with Crippen LogP contribution in [-0.4, -0.2) is 4.57 Å². The molecule has 0 fully saturated rings. The molecule has 0 aliphatic heterocycles. The Balaban J connectivity index is 1.03. The fraction of sp³-hybridized carbons (Fsp3) is 0.0462. The predicted molar refractivity (Wildman–Crippen MR) is 282 cm³/mol. The lowest BCUT2D eigenvalue weighted by Gasteiger charge is -2.35. The van der Waals surface area contributed by atoms with Gasteiger partial charge in [0.2, 0.25) is 0 Å². The lowest BCUT2D eigenvalue weighted by atomic mass is 9.67. The van der Waals surface area contributed by atoms with Gasteiger partial charge in [-0.1, -0.05) is 188 Å². The second-order valence-corrected chi connectivity index (χ2v) is 18.3. The van der Waals surface area contributed by atoms with Crippen molar-refractivity contribution in [2.24, 2.45) is 0 Å². The van der Waals surface area contributed by atoms with Gasteiger partial charge >= 0.3 is 0 Å². The minimum Gasteiger partial charge on any atom is -0.460 e. The molecular formula is C65H44N2O. The van der Waals surface area contributed by atoms with Gasteiger partial charge in [-0.2, -0.15) is 0 Å². The molecule has 0 radical (unpaired) electrons. The molecule has 3 nitrogen and oxygen atoms in total. The molecule has 14 rings (SSSR count). The topological polar surface area (TPSA) is 21.3 Å². The highest BCUT2D eigenvalue weighted by molar-refractivity contribution is 6.09. The van der Waals surface area contributed by atoms with E-state index in [9.17, 15) is 0 Å². The molecule has 0 amide bonds. The number of para-hydroxylation sites is 3. The van der Waals surface area contributed by atoms with Crippen LogP contribution < -0.4 is 4.90 Å². The van der Waals surface area contributed by atoms with E-state index in [2.05, 4.69) is 258 Å². The zero-order chi connectivity index (χ0) is 44.8. The number of benzene rings is 10. The number of furan rings is 1. The summed E-state index contributed by atoms with van der Waals surface area (Å²) in [5.41, 5.74) is 17.1. The van der Waals surface area contributed by atoms with Crippen LogP contribution in [0.15, 0.2) is 247 Å². The van der Waals surface area contributed by atoms with Crippen molar-refractivity contribution in [1.29, 1.82) is 0 Å². The van der Waals surface area contributed by atoms with Crippen LogP contribution in [-0.2, 0) is 5.41 Å². The molecule has 1 unspecified atom stereocenters. The van der Waals surface area contributed by atoms with Gasteiger partial charge in [-0.05, 0) is 117 Å². The Kier molecular flexibility index (Phi) is 8.63. The van der Waals surface area contributed by atoms with Crippen LogP contribution in [0.2, 0.25) is 0 Å². The monoisotopic (exact) mass is 868 g/mol. The Bertz CT molecular complexity index is 3870. The Morgan fingerprint density at radius 1 is 0.471 bits per heavy atom. The molecule has 0 saturated heterocycles. The van der Waals surface area contributed by atoms with Gasteiger partial charge in [0.05, 0.1) is 22.1 Å². The van der Waals surface area contributed by atoms with Gasteiger partial charge in [0.15, 0.2) is 0 Å². The molecule has 68 heavy (non-hydrogen) atoms. The second-order valence-electron chi connectivity index (χ2n) is 18.3. The van der Waals surface area contributed by atoms with Gasteiger partial charge in [0, 0.05) is 44.7 Å². The molecule has 10 aromatic carbocycles. The zero-order valence-electron chi connectivity index (χ0n) is 37.3. The number of aromatic nitrogens is 1. The molecule has 2 aliphatic carbocycles. The van der Waals surface area contributed by atoms with Gasteiger partial charge in [-0.15, -0.1) is 0 Å². The van der Waals surface area contributed by atoms with Gasteiger partial charge < -0.3 is 13.9 Å². The minimum absolute atomic E-state index is 0.0175. The molecule has 2 aromatic heterocycles. The molecular weight excluding hydrogens is 825 g/mol. The number of fused-ring (bicyclic) bond motifs is 10. The van der Waals surface area contributed by atoms with Crippen molar-refractivity contribution in [1.82, 2.24) is 4.57 Å². The molecule has 2 aliphatic rings. The van der Waals surface area contributed by atoms with Crippen molar-refractivity contribution in [2.75, 3.05) is 4.90 Å². The molecule has 0 spiro atoms. The van der Waals surface area contributed by atoms with E-state index in [1.54, 1.807) is 0 Å². The zero-order valence-corrected chi connectivity index (χ0v) is 37.3. The molecule has 3 heteroatoms. The highest BCUT2D eigenvalue weighted by Crippen LogP contribution is 2.58. The summed E-state index contributed by atoms with van der Waals surface area (Å²) in [6.45, 7) is 0. The summed E-state index contributed by atoms with van der Waals surface area (Å²) in [6, 6.07) is 87.1. The number of rotatable bonds is 7. The first-order chi connectivity index (χ1) is 33.7. The van der Waals surface area contributed by atoms with Crippen LogP contribution in [0.1, 0.15) is 51.5 Å².